The molecule has 0 atom stereocenters. The van der Waals surface area contributed by atoms with Crippen LogP contribution in [0.2, 0.25) is 8.87 Å². The Morgan fingerprint density at radius 3 is 1.17 bits per heavy atom. The number of rotatable bonds is 16. The zero-order chi connectivity index (χ0) is 17.6. The monoisotopic (exact) mass is 622 g/mol. The van der Waals surface area contributed by atoms with Crippen LogP contribution in [0.3, 0.4) is 0 Å². The van der Waals surface area contributed by atoms with Crippen molar-refractivity contribution in [3.63, 3.8) is 0 Å². The van der Waals surface area contributed by atoms with Crippen molar-refractivity contribution >= 4 is 68.8 Å². The van der Waals surface area contributed by atoms with E-state index in [1.807, 2.05) is 0 Å². The zero-order valence-corrected chi connectivity index (χ0v) is 23.6. The first-order chi connectivity index (χ1) is 10.8. The first kappa shape index (κ1) is 25.7. The van der Waals surface area contributed by atoms with Crippen LogP contribution in [0.5, 0.6) is 0 Å². The van der Waals surface area contributed by atoms with Crippen molar-refractivity contribution in [2.75, 3.05) is 0 Å². The van der Waals surface area contributed by atoms with E-state index in [-0.39, 0.29) is 0 Å². The third kappa shape index (κ3) is 17.9. The van der Waals surface area contributed by atoms with Gasteiger partial charge in [-0.25, -0.2) is 0 Å². The van der Waals surface area contributed by atoms with Gasteiger partial charge in [-0.1, -0.05) is 0 Å². The summed E-state index contributed by atoms with van der Waals surface area (Å²) in [6.07, 6.45) is 14.8. The van der Waals surface area contributed by atoms with Gasteiger partial charge in [0.2, 0.25) is 0 Å². The predicted octanol–water partition coefficient (Wildman–Crippen LogP) is 8.56. The molecule has 1 nitrogen and oxygen atoms in total. The molecule has 0 saturated carbocycles. The molecule has 0 aliphatic carbocycles. The maximum absolute atomic E-state index is 6.48. The fourth-order valence-corrected chi connectivity index (χ4v) is 54.8. The van der Waals surface area contributed by atoms with Crippen molar-refractivity contribution in [2.45, 2.75) is 99.8 Å². The van der Waals surface area contributed by atoms with Crippen molar-refractivity contribution < 1.29 is 1.41 Å². The molecule has 0 saturated heterocycles. The quantitative estimate of drug-likeness (QED) is 0.124. The predicted molar refractivity (Wildman–Crippen MR) is 112 cm³/mol. The van der Waals surface area contributed by atoms with Crippen molar-refractivity contribution in [1.82, 2.24) is 0 Å². The molecule has 0 aromatic heterocycles. The molecular formula is C16H34Cl4OSn2. The van der Waals surface area contributed by atoms with Crippen LogP contribution in [0.25, 0.3) is 0 Å². The standard InChI is InChI=1S/2C8H17.4ClH.O.2Sn/c2*1-3-5-7-8-6-4-2;;;;;;;/h2*1,3-8H2,2H3;4*1H;;;/q;;;;;;;2*+2/p-4. The van der Waals surface area contributed by atoms with Crippen molar-refractivity contribution in [1.29, 1.82) is 0 Å². The topological polar surface area (TPSA) is 9.23 Å². The van der Waals surface area contributed by atoms with Gasteiger partial charge in [0.25, 0.3) is 0 Å². The van der Waals surface area contributed by atoms with Gasteiger partial charge < -0.3 is 0 Å². The number of hydrogen-bond donors (Lipinski definition) is 0. The molecule has 0 bridgehead atoms. The summed E-state index contributed by atoms with van der Waals surface area (Å²) in [7, 11) is 25.9. The summed E-state index contributed by atoms with van der Waals surface area (Å²) in [5, 5.41) is 0. The molecule has 0 amide bonds. The Morgan fingerprint density at radius 2 is 0.826 bits per heavy atom. The van der Waals surface area contributed by atoms with E-state index in [2.05, 4.69) is 13.8 Å². The van der Waals surface area contributed by atoms with Crippen molar-refractivity contribution in [3.8, 4) is 0 Å². The molecule has 0 fully saturated rings. The Labute approximate surface area is 168 Å². The number of unbranched alkanes of at least 4 members (excludes halogenated alkanes) is 10. The Morgan fingerprint density at radius 1 is 0.522 bits per heavy atom. The van der Waals surface area contributed by atoms with E-state index in [0.29, 0.717) is 0 Å². The summed E-state index contributed by atoms with van der Waals surface area (Å²) in [4.78, 5) is 0. The molecule has 140 valence electrons. The molecule has 0 spiro atoms. The summed E-state index contributed by atoms with van der Waals surface area (Å²) < 4.78 is 7.60. The molecule has 0 aliphatic heterocycles. The first-order valence-corrected chi connectivity index (χ1v) is 30.1. The van der Waals surface area contributed by atoms with Crippen LogP contribution in [-0.2, 0) is 1.41 Å². The molecule has 23 heavy (non-hydrogen) atoms. The van der Waals surface area contributed by atoms with Crippen LogP contribution in [-0.4, -0.2) is 33.1 Å². The van der Waals surface area contributed by atoms with E-state index in [0.717, 1.165) is 21.7 Å². The van der Waals surface area contributed by atoms with Gasteiger partial charge in [-0.05, 0) is 0 Å². The first-order valence-electron chi connectivity index (χ1n) is 9.29. The third-order valence-electron chi connectivity index (χ3n) is 3.94. The second-order valence-electron chi connectivity index (χ2n) is 6.41. The fourth-order valence-electron chi connectivity index (χ4n) is 2.54. The normalized spacial score (nSPS) is 12.8. The van der Waals surface area contributed by atoms with Crippen molar-refractivity contribution in [2.24, 2.45) is 0 Å². The minimum absolute atomic E-state index is 0.818. The second kappa shape index (κ2) is 15.7. The maximum atomic E-state index is 6.48. The molecule has 7 heteroatoms. The molecule has 0 heterocycles. The Bertz CT molecular complexity index is 253. The van der Waals surface area contributed by atoms with Crippen LogP contribution in [0.1, 0.15) is 90.9 Å². The van der Waals surface area contributed by atoms with Gasteiger partial charge in [-0.3, -0.25) is 0 Å². The van der Waals surface area contributed by atoms with Crippen LogP contribution < -0.4 is 0 Å². The summed E-state index contributed by atoms with van der Waals surface area (Å²) in [6.45, 7) is 4.45. The Kier molecular flexibility index (Phi) is 17.6. The van der Waals surface area contributed by atoms with Gasteiger partial charge in [-0.15, -0.1) is 0 Å². The molecule has 0 aliphatic rings. The fraction of sp³-hybridized carbons (Fsp3) is 1.00. The Balaban J connectivity index is 3.82. The van der Waals surface area contributed by atoms with E-state index < -0.39 is 33.1 Å². The SMILES string of the molecule is CCCCCCC[CH2][Sn]([Cl])([Cl])[O][Sn]([Cl])([Cl])[CH2]CCCCCCC. The zero-order valence-electron chi connectivity index (χ0n) is 14.8. The Hall–Kier alpha value is 2.72. The summed E-state index contributed by atoms with van der Waals surface area (Å²) in [5.74, 6) is 0. The van der Waals surface area contributed by atoms with Gasteiger partial charge in [0.05, 0.1) is 0 Å². The molecule has 0 aromatic rings. The molecule has 0 rings (SSSR count). The van der Waals surface area contributed by atoms with Gasteiger partial charge >= 0.3 is 170 Å². The van der Waals surface area contributed by atoms with Crippen LogP contribution in [0.4, 0.5) is 0 Å². The van der Waals surface area contributed by atoms with E-state index >= 15 is 0 Å². The van der Waals surface area contributed by atoms with E-state index in [4.69, 9.17) is 37.1 Å². The van der Waals surface area contributed by atoms with Crippen LogP contribution >= 0.6 is 35.7 Å². The third-order valence-corrected chi connectivity index (χ3v) is 41.4. The molecule has 0 aromatic carbocycles. The van der Waals surface area contributed by atoms with E-state index in [1.165, 1.54) is 64.2 Å². The minimum atomic E-state index is -3.49. The summed E-state index contributed by atoms with van der Waals surface area (Å²) in [6, 6.07) is 0. The summed E-state index contributed by atoms with van der Waals surface area (Å²) >= 11 is -6.98. The average Bonchev–Trinajstić information content (AvgIpc) is 2.45. The molecule has 0 radical (unpaired) electrons. The molecule has 0 N–H and O–H groups in total. The summed E-state index contributed by atoms with van der Waals surface area (Å²) in [5.41, 5.74) is 0. The van der Waals surface area contributed by atoms with Gasteiger partial charge in [-0.2, -0.15) is 0 Å². The van der Waals surface area contributed by atoms with Crippen LogP contribution in [0, 0.1) is 0 Å². The van der Waals surface area contributed by atoms with E-state index in [9.17, 15) is 0 Å². The van der Waals surface area contributed by atoms with Gasteiger partial charge in [0.15, 0.2) is 0 Å². The number of halogens is 4. The average molecular weight is 622 g/mol. The second-order valence-corrected chi connectivity index (χ2v) is 40.0. The molecular weight excluding hydrogens is 587 g/mol. The van der Waals surface area contributed by atoms with E-state index in [1.54, 1.807) is 0 Å². The number of hydrogen-bond acceptors (Lipinski definition) is 1. The van der Waals surface area contributed by atoms with Crippen LogP contribution in [0.15, 0.2) is 0 Å². The molecule has 0 unspecified atom stereocenters. The van der Waals surface area contributed by atoms with Gasteiger partial charge in [0, 0.05) is 0 Å². The van der Waals surface area contributed by atoms with Crippen molar-refractivity contribution in [3.05, 3.63) is 0 Å². The van der Waals surface area contributed by atoms with Gasteiger partial charge in [0.1, 0.15) is 0 Å².